The normalized spacial score (nSPS) is 9.83. The van der Waals surface area contributed by atoms with E-state index in [4.69, 9.17) is 4.42 Å². The number of hydrogen-bond donors (Lipinski definition) is 2. The van der Waals surface area contributed by atoms with E-state index in [0.717, 1.165) is 5.69 Å². The van der Waals surface area contributed by atoms with Crippen molar-refractivity contribution in [2.75, 3.05) is 0 Å². The first-order valence-corrected chi connectivity index (χ1v) is 5.38. The fourth-order valence-corrected chi connectivity index (χ4v) is 1.32. The SMILES string of the molecule is C=C(NNC(=O)c1ccc(C)nc1)c1ccco1. The molecule has 0 aliphatic carbocycles. The maximum absolute atomic E-state index is 11.7. The molecule has 2 aromatic heterocycles. The second-order valence-corrected chi connectivity index (χ2v) is 3.72. The Bertz CT molecular complexity index is 544. The summed E-state index contributed by atoms with van der Waals surface area (Å²) in [5, 5.41) is 0. The number of hydrazine groups is 1. The third-order valence-electron chi connectivity index (χ3n) is 2.32. The zero-order valence-corrected chi connectivity index (χ0v) is 9.93. The van der Waals surface area contributed by atoms with E-state index >= 15 is 0 Å². The highest BCUT2D eigenvalue weighted by Gasteiger charge is 2.06. The number of pyridine rings is 1. The smallest absolute Gasteiger partial charge is 0.271 e. The van der Waals surface area contributed by atoms with Crippen LogP contribution in [0.3, 0.4) is 0 Å². The predicted molar refractivity (Wildman–Crippen MR) is 67.3 cm³/mol. The summed E-state index contributed by atoms with van der Waals surface area (Å²) >= 11 is 0. The molecule has 2 rings (SSSR count). The molecular formula is C13H13N3O2. The molecule has 18 heavy (non-hydrogen) atoms. The summed E-state index contributed by atoms with van der Waals surface area (Å²) < 4.78 is 5.12. The molecule has 0 atom stereocenters. The van der Waals surface area contributed by atoms with Crippen LogP contribution in [0.5, 0.6) is 0 Å². The number of carbonyl (C=O) groups excluding carboxylic acids is 1. The van der Waals surface area contributed by atoms with Crippen LogP contribution < -0.4 is 10.9 Å². The third kappa shape index (κ3) is 2.76. The predicted octanol–water partition coefficient (Wildman–Crippen LogP) is 1.89. The molecule has 0 aliphatic heterocycles. The highest BCUT2D eigenvalue weighted by Crippen LogP contribution is 2.08. The molecule has 2 aromatic rings. The van der Waals surface area contributed by atoms with Crippen LogP contribution in [0.15, 0.2) is 47.7 Å². The molecule has 0 fully saturated rings. The summed E-state index contributed by atoms with van der Waals surface area (Å²) in [5.74, 6) is 0.285. The van der Waals surface area contributed by atoms with E-state index in [1.165, 1.54) is 12.5 Å². The molecular weight excluding hydrogens is 230 g/mol. The van der Waals surface area contributed by atoms with Crippen molar-refractivity contribution in [1.82, 2.24) is 15.8 Å². The van der Waals surface area contributed by atoms with E-state index in [2.05, 4.69) is 22.4 Å². The van der Waals surface area contributed by atoms with Crippen molar-refractivity contribution < 1.29 is 9.21 Å². The van der Waals surface area contributed by atoms with Gasteiger partial charge in [-0.2, -0.15) is 0 Å². The van der Waals surface area contributed by atoms with Gasteiger partial charge in [-0.05, 0) is 31.2 Å². The number of furan rings is 1. The zero-order valence-electron chi connectivity index (χ0n) is 9.93. The van der Waals surface area contributed by atoms with Gasteiger partial charge >= 0.3 is 0 Å². The van der Waals surface area contributed by atoms with Gasteiger partial charge in [0.1, 0.15) is 0 Å². The molecule has 0 saturated carbocycles. The van der Waals surface area contributed by atoms with Crippen LogP contribution in [0.25, 0.3) is 5.70 Å². The van der Waals surface area contributed by atoms with Gasteiger partial charge in [0.05, 0.1) is 17.5 Å². The third-order valence-corrected chi connectivity index (χ3v) is 2.32. The number of aromatic nitrogens is 1. The lowest BCUT2D eigenvalue weighted by Gasteiger charge is -2.08. The Morgan fingerprint density at radius 1 is 1.33 bits per heavy atom. The summed E-state index contributed by atoms with van der Waals surface area (Å²) in [6.07, 6.45) is 3.05. The van der Waals surface area contributed by atoms with Gasteiger partial charge in [-0.15, -0.1) is 0 Å². The molecule has 92 valence electrons. The molecule has 0 aliphatic rings. The second-order valence-electron chi connectivity index (χ2n) is 3.72. The van der Waals surface area contributed by atoms with Gasteiger partial charge in [-0.25, -0.2) is 0 Å². The van der Waals surface area contributed by atoms with Crippen molar-refractivity contribution in [3.8, 4) is 0 Å². The minimum Gasteiger partial charge on any atom is -0.463 e. The highest BCUT2D eigenvalue weighted by molar-refractivity contribution is 5.94. The second kappa shape index (κ2) is 5.18. The number of aryl methyl sites for hydroxylation is 1. The summed E-state index contributed by atoms with van der Waals surface area (Å²) in [4.78, 5) is 15.8. The zero-order chi connectivity index (χ0) is 13.0. The molecule has 1 amide bonds. The minimum absolute atomic E-state index is 0.282. The molecule has 5 heteroatoms. The summed E-state index contributed by atoms with van der Waals surface area (Å²) in [6.45, 7) is 5.60. The van der Waals surface area contributed by atoms with Crippen LogP contribution in [0.2, 0.25) is 0 Å². The fraction of sp³-hybridized carbons (Fsp3) is 0.0769. The van der Waals surface area contributed by atoms with Crippen molar-refractivity contribution in [2.24, 2.45) is 0 Å². The van der Waals surface area contributed by atoms with Crippen molar-refractivity contribution in [3.05, 3.63) is 60.3 Å². The van der Waals surface area contributed by atoms with Gasteiger partial charge in [0.25, 0.3) is 5.91 Å². The van der Waals surface area contributed by atoms with E-state index in [1.54, 1.807) is 24.3 Å². The molecule has 0 radical (unpaired) electrons. The maximum Gasteiger partial charge on any atom is 0.271 e. The number of nitrogens with zero attached hydrogens (tertiary/aromatic N) is 1. The van der Waals surface area contributed by atoms with Gasteiger partial charge in [-0.1, -0.05) is 6.58 Å². The molecule has 0 aromatic carbocycles. The Labute approximate surface area is 105 Å². The van der Waals surface area contributed by atoms with Gasteiger partial charge in [0.15, 0.2) is 5.76 Å². The molecule has 0 bridgehead atoms. The van der Waals surface area contributed by atoms with Crippen LogP contribution in [0.4, 0.5) is 0 Å². The van der Waals surface area contributed by atoms with Gasteiger partial charge in [0, 0.05) is 11.9 Å². The summed E-state index contributed by atoms with van der Waals surface area (Å²) in [6, 6.07) is 6.97. The average Bonchev–Trinajstić information content (AvgIpc) is 2.90. The fourth-order valence-electron chi connectivity index (χ4n) is 1.32. The quantitative estimate of drug-likeness (QED) is 0.805. The molecule has 0 spiro atoms. The minimum atomic E-state index is -0.282. The lowest BCUT2D eigenvalue weighted by Crippen LogP contribution is -2.35. The first-order valence-electron chi connectivity index (χ1n) is 5.38. The summed E-state index contributed by atoms with van der Waals surface area (Å²) in [7, 11) is 0. The van der Waals surface area contributed by atoms with Crippen molar-refractivity contribution in [2.45, 2.75) is 6.92 Å². The van der Waals surface area contributed by atoms with Crippen molar-refractivity contribution in [1.29, 1.82) is 0 Å². The summed E-state index contributed by atoms with van der Waals surface area (Å²) in [5.41, 5.74) is 7.01. The van der Waals surface area contributed by atoms with E-state index in [1.807, 2.05) is 6.92 Å². The van der Waals surface area contributed by atoms with Crippen LogP contribution >= 0.6 is 0 Å². The van der Waals surface area contributed by atoms with Gasteiger partial charge in [-0.3, -0.25) is 20.6 Å². The standard InChI is InChI=1S/C13H13N3O2/c1-9-5-6-11(8-14-9)13(17)16-15-10(2)12-4-3-7-18-12/h3-8,15H,2H2,1H3,(H,16,17). The van der Waals surface area contributed by atoms with Crippen LogP contribution in [-0.2, 0) is 0 Å². The van der Waals surface area contributed by atoms with Gasteiger partial charge in [0.2, 0.25) is 0 Å². The molecule has 5 nitrogen and oxygen atoms in total. The molecule has 0 unspecified atom stereocenters. The lowest BCUT2D eigenvalue weighted by atomic mass is 10.2. The Balaban J connectivity index is 1.92. The number of amides is 1. The molecule has 0 saturated heterocycles. The topological polar surface area (TPSA) is 67.2 Å². The van der Waals surface area contributed by atoms with Crippen molar-refractivity contribution >= 4 is 11.6 Å². The maximum atomic E-state index is 11.7. The largest absolute Gasteiger partial charge is 0.463 e. The average molecular weight is 243 g/mol. The van der Waals surface area contributed by atoms with Crippen LogP contribution in [0.1, 0.15) is 21.8 Å². The lowest BCUT2D eigenvalue weighted by molar-refractivity contribution is 0.0942. The Kier molecular flexibility index (Phi) is 3.43. The van der Waals surface area contributed by atoms with Crippen LogP contribution in [0, 0.1) is 6.92 Å². The van der Waals surface area contributed by atoms with E-state index in [-0.39, 0.29) is 5.91 Å². The highest BCUT2D eigenvalue weighted by atomic mass is 16.3. The molecule has 2 N–H and O–H groups in total. The van der Waals surface area contributed by atoms with E-state index in [0.29, 0.717) is 17.0 Å². The Morgan fingerprint density at radius 3 is 2.78 bits per heavy atom. The molecule has 2 heterocycles. The number of rotatable bonds is 4. The first kappa shape index (κ1) is 11.9. The number of nitrogens with one attached hydrogen (secondary N) is 2. The van der Waals surface area contributed by atoms with E-state index < -0.39 is 0 Å². The van der Waals surface area contributed by atoms with E-state index in [9.17, 15) is 4.79 Å². The van der Waals surface area contributed by atoms with Crippen molar-refractivity contribution in [3.63, 3.8) is 0 Å². The van der Waals surface area contributed by atoms with Crippen LogP contribution in [-0.4, -0.2) is 10.9 Å². The number of carbonyl (C=O) groups is 1. The number of hydrogen-bond acceptors (Lipinski definition) is 4. The van der Waals surface area contributed by atoms with Gasteiger partial charge < -0.3 is 4.42 Å². The Morgan fingerprint density at radius 2 is 2.17 bits per heavy atom. The first-order chi connectivity index (χ1) is 8.66. The Hall–Kier alpha value is -2.56. The monoisotopic (exact) mass is 243 g/mol.